The molecule has 0 aliphatic carbocycles. The van der Waals surface area contributed by atoms with E-state index in [0.717, 1.165) is 11.9 Å². The fourth-order valence-electron chi connectivity index (χ4n) is 1.58. The van der Waals surface area contributed by atoms with Crippen LogP contribution in [-0.4, -0.2) is 11.5 Å². The highest BCUT2D eigenvalue weighted by Crippen LogP contribution is 2.17. The number of fused-ring (bicyclic) bond motifs is 1. The van der Waals surface area contributed by atoms with Crippen molar-refractivity contribution in [2.24, 2.45) is 5.73 Å². The number of hydrogen-bond acceptors (Lipinski definition) is 2. The van der Waals surface area contributed by atoms with Gasteiger partial charge in [0.15, 0.2) is 0 Å². The van der Waals surface area contributed by atoms with Crippen molar-refractivity contribution >= 4 is 17.0 Å². The summed E-state index contributed by atoms with van der Waals surface area (Å²) in [5.74, 6) is 0. The predicted molar refractivity (Wildman–Crippen MR) is 64.4 cm³/mol. The number of nitrogens with zero attached hydrogens (tertiary/aromatic N) is 1. The topological polar surface area (TPSA) is 38.9 Å². The quantitative estimate of drug-likeness (QED) is 0.823. The van der Waals surface area contributed by atoms with Gasteiger partial charge in [-0.3, -0.25) is 4.98 Å². The van der Waals surface area contributed by atoms with Crippen LogP contribution in [0.15, 0.2) is 42.6 Å². The third kappa shape index (κ3) is 2.22. The van der Waals surface area contributed by atoms with Crippen LogP contribution in [0.5, 0.6) is 0 Å². The Morgan fingerprint density at radius 3 is 3.00 bits per heavy atom. The monoisotopic (exact) mass is 198 g/mol. The molecule has 2 aromatic rings. The van der Waals surface area contributed by atoms with E-state index in [2.05, 4.69) is 29.3 Å². The van der Waals surface area contributed by atoms with Crippen molar-refractivity contribution < 1.29 is 0 Å². The Bertz CT molecular complexity index is 469. The molecule has 0 fully saturated rings. The second kappa shape index (κ2) is 4.71. The Hall–Kier alpha value is -1.67. The highest BCUT2D eigenvalue weighted by atomic mass is 14.6. The van der Waals surface area contributed by atoms with Gasteiger partial charge in [-0.2, -0.15) is 0 Å². The Kier molecular flexibility index (Phi) is 3.10. The first-order chi connectivity index (χ1) is 7.42. The van der Waals surface area contributed by atoms with Gasteiger partial charge in [0.25, 0.3) is 0 Å². The number of aromatic nitrogens is 1. The lowest BCUT2D eigenvalue weighted by Gasteiger charge is -2.00. The smallest absolute Gasteiger partial charge is 0.0707 e. The largest absolute Gasteiger partial charge is 0.330 e. The third-order valence-corrected chi connectivity index (χ3v) is 2.31. The van der Waals surface area contributed by atoms with Crippen LogP contribution in [0.3, 0.4) is 0 Å². The minimum absolute atomic E-state index is 0.694. The van der Waals surface area contributed by atoms with Crippen LogP contribution in [0.1, 0.15) is 12.0 Å². The van der Waals surface area contributed by atoms with Crippen molar-refractivity contribution in [1.82, 2.24) is 4.98 Å². The summed E-state index contributed by atoms with van der Waals surface area (Å²) in [5.41, 5.74) is 7.68. The van der Waals surface area contributed by atoms with Crippen molar-refractivity contribution in [2.75, 3.05) is 6.54 Å². The molecule has 0 spiro atoms. The van der Waals surface area contributed by atoms with Crippen LogP contribution in [0.4, 0.5) is 0 Å². The zero-order valence-corrected chi connectivity index (χ0v) is 8.56. The first kappa shape index (κ1) is 9.87. The molecule has 0 unspecified atom stereocenters. The molecule has 0 saturated heterocycles. The van der Waals surface area contributed by atoms with E-state index in [4.69, 9.17) is 5.73 Å². The van der Waals surface area contributed by atoms with E-state index in [1.807, 2.05) is 24.4 Å². The van der Waals surface area contributed by atoms with E-state index >= 15 is 0 Å². The fraction of sp³-hybridized carbons (Fsp3) is 0.154. The molecular weight excluding hydrogens is 184 g/mol. The lowest BCUT2D eigenvalue weighted by atomic mass is 10.1. The molecule has 2 N–H and O–H groups in total. The summed E-state index contributed by atoms with van der Waals surface area (Å²) in [6, 6.07) is 10.2. The number of rotatable bonds is 3. The second-order valence-electron chi connectivity index (χ2n) is 3.40. The van der Waals surface area contributed by atoms with E-state index in [9.17, 15) is 0 Å². The summed E-state index contributed by atoms with van der Waals surface area (Å²) in [7, 11) is 0. The maximum absolute atomic E-state index is 5.44. The number of hydrogen-bond donors (Lipinski definition) is 1. The van der Waals surface area contributed by atoms with Crippen molar-refractivity contribution in [3.05, 3.63) is 48.2 Å². The van der Waals surface area contributed by atoms with Gasteiger partial charge in [0.05, 0.1) is 5.52 Å². The Labute approximate surface area is 89.4 Å². The average Bonchev–Trinajstić information content (AvgIpc) is 2.30. The van der Waals surface area contributed by atoms with E-state index in [0.29, 0.717) is 6.54 Å². The molecule has 0 atom stereocenters. The SMILES string of the molecule is NCCC=Cc1cccc2ncccc12. The minimum Gasteiger partial charge on any atom is -0.330 e. The molecule has 15 heavy (non-hydrogen) atoms. The summed E-state index contributed by atoms with van der Waals surface area (Å²) < 4.78 is 0. The van der Waals surface area contributed by atoms with Gasteiger partial charge in [0.1, 0.15) is 0 Å². The molecular formula is C13H14N2. The van der Waals surface area contributed by atoms with Crippen LogP contribution in [0.2, 0.25) is 0 Å². The zero-order valence-electron chi connectivity index (χ0n) is 8.56. The summed E-state index contributed by atoms with van der Waals surface area (Å²) >= 11 is 0. The molecule has 0 radical (unpaired) electrons. The van der Waals surface area contributed by atoms with Crippen LogP contribution in [0, 0.1) is 0 Å². The molecule has 0 saturated carbocycles. The number of pyridine rings is 1. The van der Waals surface area contributed by atoms with Crippen LogP contribution < -0.4 is 5.73 Å². The normalized spacial score (nSPS) is 11.3. The number of nitrogens with two attached hydrogens (primary N) is 1. The first-order valence-electron chi connectivity index (χ1n) is 5.12. The van der Waals surface area contributed by atoms with Gasteiger partial charge in [-0.25, -0.2) is 0 Å². The van der Waals surface area contributed by atoms with Gasteiger partial charge in [-0.1, -0.05) is 30.4 Å². The zero-order chi connectivity index (χ0) is 10.5. The molecule has 1 heterocycles. The van der Waals surface area contributed by atoms with E-state index in [-0.39, 0.29) is 0 Å². The van der Waals surface area contributed by atoms with Crippen LogP contribution in [0.25, 0.3) is 17.0 Å². The lowest BCUT2D eigenvalue weighted by Crippen LogP contribution is -1.95. The highest BCUT2D eigenvalue weighted by molar-refractivity contribution is 5.87. The van der Waals surface area contributed by atoms with Gasteiger partial charge in [-0.15, -0.1) is 0 Å². The molecule has 0 amide bonds. The number of benzene rings is 1. The van der Waals surface area contributed by atoms with Crippen molar-refractivity contribution in [3.63, 3.8) is 0 Å². The van der Waals surface area contributed by atoms with E-state index in [1.165, 1.54) is 10.9 Å². The third-order valence-electron chi connectivity index (χ3n) is 2.31. The van der Waals surface area contributed by atoms with Gasteiger partial charge < -0.3 is 5.73 Å². The van der Waals surface area contributed by atoms with Crippen molar-refractivity contribution in [1.29, 1.82) is 0 Å². The molecule has 2 rings (SSSR count). The molecule has 0 aliphatic rings. The fourth-order valence-corrected chi connectivity index (χ4v) is 1.58. The molecule has 2 nitrogen and oxygen atoms in total. The predicted octanol–water partition coefficient (Wildman–Crippen LogP) is 2.60. The maximum Gasteiger partial charge on any atom is 0.0707 e. The van der Waals surface area contributed by atoms with Crippen molar-refractivity contribution in [3.8, 4) is 0 Å². The molecule has 0 aliphatic heterocycles. The van der Waals surface area contributed by atoms with Gasteiger partial charge >= 0.3 is 0 Å². The Morgan fingerprint density at radius 1 is 1.20 bits per heavy atom. The van der Waals surface area contributed by atoms with Crippen LogP contribution >= 0.6 is 0 Å². The van der Waals surface area contributed by atoms with Gasteiger partial charge in [-0.05, 0) is 30.7 Å². The first-order valence-corrected chi connectivity index (χ1v) is 5.12. The molecule has 1 aromatic carbocycles. The highest BCUT2D eigenvalue weighted by Gasteiger charge is 1.96. The Morgan fingerprint density at radius 2 is 2.13 bits per heavy atom. The summed E-state index contributed by atoms with van der Waals surface area (Å²) in [6.45, 7) is 0.694. The molecule has 1 aromatic heterocycles. The van der Waals surface area contributed by atoms with E-state index < -0.39 is 0 Å². The summed E-state index contributed by atoms with van der Waals surface area (Å²) in [5, 5.41) is 1.19. The molecule has 76 valence electrons. The average molecular weight is 198 g/mol. The van der Waals surface area contributed by atoms with Crippen LogP contribution in [-0.2, 0) is 0 Å². The standard InChI is InChI=1S/C13H14N2/c14-9-2-1-5-11-6-3-8-13-12(11)7-4-10-15-13/h1,3-8,10H,2,9,14H2. The van der Waals surface area contributed by atoms with Gasteiger partial charge in [0.2, 0.25) is 0 Å². The van der Waals surface area contributed by atoms with E-state index in [1.54, 1.807) is 0 Å². The van der Waals surface area contributed by atoms with Crippen molar-refractivity contribution in [2.45, 2.75) is 6.42 Å². The maximum atomic E-state index is 5.44. The Balaban J connectivity index is 2.42. The second-order valence-corrected chi connectivity index (χ2v) is 3.40. The molecule has 0 bridgehead atoms. The summed E-state index contributed by atoms with van der Waals surface area (Å²) in [6.07, 6.45) is 6.94. The minimum atomic E-state index is 0.694. The molecule has 2 heteroatoms. The van der Waals surface area contributed by atoms with Gasteiger partial charge in [0, 0.05) is 11.6 Å². The lowest BCUT2D eigenvalue weighted by molar-refractivity contribution is 1.01. The summed E-state index contributed by atoms with van der Waals surface area (Å²) in [4.78, 5) is 4.31.